The van der Waals surface area contributed by atoms with Gasteiger partial charge in [0.2, 0.25) is 0 Å². The maximum Gasteiger partial charge on any atom is 0.124 e. The second-order valence-electron chi connectivity index (χ2n) is 4.99. The molecule has 94 valence electrons. The summed E-state index contributed by atoms with van der Waals surface area (Å²) in [6.45, 7) is 4.91. The van der Waals surface area contributed by atoms with Crippen LogP contribution in [0.25, 0.3) is 0 Å². The van der Waals surface area contributed by atoms with Gasteiger partial charge < -0.3 is 10.1 Å². The molecule has 1 aliphatic carbocycles. The van der Waals surface area contributed by atoms with E-state index in [9.17, 15) is 0 Å². The maximum atomic E-state index is 5.74. The Labute approximate surface area is 104 Å². The van der Waals surface area contributed by atoms with Crippen molar-refractivity contribution in [3.63, 3.8) is 0 Å². The van der Waals surface area contributed by atoms with Gasteiger partial charge in [-0.15, -0.1) is 0 Å². The zero-order chi connectivity index (χ0) is 12.3. The van der Waals surface area contributed by atoms with Crippen molar-refractivity contribution in [2.75, 3.05) is 13.7 Å². The molecule has 0 heterocycles. The van der Waals surface area contributed by atoms with Crippen LogP contribution in [-0.2, 0) is 0 Å². The average Bonchev–Trinajstić information content (AvgIpc) is 3.13. The lowest BCUT2D eigenvalue weighted by Crippen LogP contribution is -2.18. The average molecular weight is 233 g/mol. The van der Waals surface area contributed by atoms with Gasteiger partial charge in [-0.05, 0) is 39.3 Å². The summed E-state index contributed by atoms with van der Waals surface area (Å²) < 4.78 is 5.74. The highest BCUT2D eigenvalue weighted by atomic mass is 16.5. The van der Waals surface area contributed by atoms with Crippen LogP contribution in [0.5, 0.6) is 5.75 Å². The van der Waals surface area contributed by atoms with Gasteiger partial charge in [-0.25, -0.2) is 0 Å². The van der Waals surface area contributed by atoms with E-state index in [2.05, 4.69) is 30.4 Å². The third kappa shape index (κ3) is 3.22. The van der Waals surface area contributed by atoms with Crippen molar-refractivity contribution in [2.24, 2.45) is 5.92 Å². The Kier molecular flexibility index (Phi) is 4.06. The zero-order valence-corrected chi connectivity index (χ0v) is 11.1. The van der Waals surface area contributed by atoms with Gasteiger partial charge in [0, 0.05) is 11.6 Å². The van der Waals surface area contributed by atoms with E-state index in [4.69, 9.17) is 4.74 Å². The Balaban J connectivity index is 2.21. The van der Waals surface area contributed by atoms with Gasteiger partial charge >= 0.3 is 0 Å². The molecule has 1 aliphatic rings. The van der Waals surface area contributed by atoms with Gasteiger partial charge in [0.05, 0.1) is 6.61 Å². The fraction of sp³-hybridized carbons (Fsp3) is 0.600. The summed E-state index contributed by atoms with van der Waals surface area (Å²) in [6, 6.07) is 6.92. The minimum absolute atomic E-state index is 0.434. The molecule has 1 N–H and O–H groups in total. The topological polar surface area (TPSA) is 21.3 Å². The maximum absolute atomic E-state index is 5.74. The van der Waals surface area contributed by atoms with Crippen molar-refractivity contribution >= 4 is 0 Å². The second-order valence-corrected chi connectivity index (χ2v) is 4.99. The monoisotopic (exact) mass is 233 g/mol. The number of aryl methyl sites for hydroxylation is 1. The lowest BCUT2D eigenvalue weighted by Gasteiger charge is -2.20. The largest absolute Gasteiger partial charge is 0.494 e. The Morgan fingerprint density at radius 3 is 2.76 bits per heavy atom. The lowest BCUT2D eigenvalue weighted by atomic mass is 9.98. The Morgan fingerprint density at radius 1 is 1.41 bits per heavy atom. The first-order valence-corrected chi connectivity index (χ1v) is 6.65. The summed E-state index contributed by atoms with van der Waals surface area (Å²) in [5, 5.41) is 3.44. The van der Waals surface area contributed by atoms with Crippen LogP contribution in [0.15, 0.2) is 18.2 Å². The van der Waals surface area contributed by atoms with E-state index in [1.165, 1.54) is 30.4 Å². The molecule has 1 atom stereocenters. The van der Waals surface area contributed by atoms with Gasteiger partial charge in [-0.2, -0.15) is 0 Å². The van der Waals surface area contributed by atoms with Crippen LogP contribution in [0.1, 0.15) is 43.4 Å². The molecule has 2 rings (SSSR count). The summed E-state index contributed by atoms with van der Waals surface area (Å²) in [4.78, 5) is 0. The van der Waals surface area contributed by atoms with Gasteiger partial charge in [0.1, 0.15) is 5.75 Å². The van der Waals surface area contributed by atoms with E-state index in [1.54, 1.807) is 0 Å². The van der Waals surface area contributed by atoms with Gasteiger partial charge in [0.15, 0.2) is 0 Å². The Bertz CT molecular complexity index is 371. The number of hydrogen-bond donors (Lipinski definition) is 1. The van der Waals surface area contributed by atoms with Crippen LogP contribution in [0.2, 0.25) is 0 Å². The highest BCUT2D eigenvalue weighted by molar-refractivity contribution is 5.39. The summed E-state index contributed by atoms with van der Waals surface area (Å²) in [5.41, 5.74) is 2.63. The molecule has 17 heavy (non-hydrogen) atoms. The van der Waals surface area contributed by atoms with Crippen molar-refractivity contribution in [3.05, 3.63) is 29.3 Å². The molecule has 0 saturated heterocycles. The fourth-order valence-electron chi connectivity index (χ4n) is 2.31. The first-order chi connectivity index (χ1) is 8.24. The molecule has 0 amide bonds. The van der Waals surface area contributed by atoms with Crippen LogP contribution in [-0.4, -0.2) is 13.7 Å². The first-order valence-electron chi connectivity index (χ1n) is 6.65. The molecule has 0 aliphatic heterocycles. The predicted molar refractivity (Wildman–Crippen MR) is 71.5 cm³/mol. The van der Waals surface area contributed by atoms with E-state index in [-0.39, 0.29) is 0 Å². The molecular weight excluding hydrogens is 210 g/mol. The number of hydrogen-bond acceptors (Lipinski definition) is 2. The number of rotatable bonds is 6. The predicted octanol–water partition coefficient (Wildman–Crippen LogP) is 3.45. The molecule has 1 saturated carbocycles. The van der Waals surface area contributed by atoms with E-state index in [1.807, 2.05) is 14.0 Å². The third-order valence-electron chi connectivity index (χ3n) is 3.45. The summed E-state index contributed by atoms with van der Waals surface area (Å²) in [6.07, 6.45) is 4.03. The van der Waals surface area contributed by atoms with Crippen molar-refractivity contribution in [2.45, 2.75) is 39.2 Å². The normalized spacial score (nSPS) is 16.9. The van der Waals surface area contributed by atoms with Crippen molar-refractivity contribution in [3.8, 4) is 5.75 Å². The molecule has 0 bridgehead atoms. The Morgan fingerprint density at radius 2 is 2.18 bits per heavy atom. The van der Waals surface area contributed by atoms with E-state index >= 15 is 0 Å². The number of nitrogens with one attached hydrogen (secondary N) is 1. The number of ether oxygens (including phenoxy) is 1. The summed E-state index contributed by atoms with van der Waals surface area (Å²) in [7, 11) is 2.05. The molecule has 1 fully saturated rings. The van der Waals surface area contributed by atoms with Crippen LogP contribution in [0.3, 0.4) is 0 Å². The molecule has 1 aromatic carbocycles. The minimum Gasteiger partial charge on any atom is -0.494 e. The summed E-state index contributed by atoms with van der Waals surface area (Å²) in [5.74, 6) is 1.96. The van der Waals surface area contributed by atoms with E-state index in [0.29, 0.717) is 6.04 Å². The number of benzene rings is 1. The highest BCUT2D eigenvalue weighted by Gasteiger charge is 2.26. The first kappa shape index (κ1) is 12.4. The Hall–Kier alpha value is -1.02. The van der Waals surface area contributed by atoms with Crippen LogP contribution in [0, 0.1) is 12.8 Å². The minimum atomic E-state index is 0.434. The molecule has 2 heteroatoms. The molecule has 1 unspecified atom stereocenters. The van der Waals surface area contributed by atoms with Crippen LogP contribution in [0.4, 0.5) is 0 Å². The molecule has 0 spiro atoms. The molecule has 0 aromatic heterocycles. The molecule has 2 nitrogen and oxygen atoms in total. The quantitative estimate of drug-likeness (QED) is 0.812. The SMILES string of the molecule is CCOc1ccc(C)cc1C(CC1CC1)NC. The van der Waals surface area contributed by atoms with Crippen LogP contribution >= 0.6 is 0 Å². The highest BCUT2D eigenvalue weighted by Crippen LogP contribution is 2.39. The third-order valence-corrected chi connectivity index (χ3v) is 3.45. The van der Waals surface area contributed by atoms with Gasteiger partial charge in [-0.1, -0.05) is 30.5 Å². The standard InChI is InChI=1S/C15H23NO/c1-4-17-15-8-5-11(2)9-13(15)14(16-3)10-12-6-7-12/h5,8-9,12,14,16H,4,6-7,10H2,1-3H3. The van der Waals surface area contributed by atoms with Gasteiger partial charge in [0.25, 0.3) is 0 Å². The van der Waals surface area contributed by atoms with Crippen LogP contribution < -0.4 is 10.1 Å². The van der Waals surface area contributed by atoms with Crippen molar-refractivity contribution in [1.29, 1.82) is 0 Å². The molecular formula is C15H23NO. The van der Waals surface area contributed by atoms with E-state index in [0.717, 1.165) is 18.3 Å². The lowest BCUT2D eigenvalue weighted by molar-refractivity contribution is 0.330. The summed E-state index contributed by atoms with van der Waals surface area (Å²) >= 11 is 0. The zero-order valence-electron chi connectivity index (χ0n) is 11.1. The smallest absolute Gasteiger partial charge is 0.124 e. The van der Waals surface area contributed by atoms with E-state index < -0.39 is 0 Å². The van der Waals surface area contributed by atoms with Crippen molar-refractivity contribution in [1.82, 2.24) is 5.32 Å². The van der Waals surface area contributed by atoms with Gasteiger partial charge in [-0.3, -0.25) is 0 Å². The molecule has 0 radical (unpaired) electrons. The fourth-order valence-corrected chi connectivity index (χ4v) is 2.31. The second kappa shape index (κ2) is 5.54. The molecule has 1 aromatic rings. The van der Waals surface area contributed by atoms with Crippen molar-refractivity contribution < 1.29 is 4.74 Å².